The number of likely N-dealkylation sites (tertiary alicyclic amines) is 1. The zero-order valence-electron chi connectivity index (χ0n) is 11.7. The Morgan fingerprint density at radius 1 is 1.47 bits per heavy atom. The van der Waals surface area contributed by atoms with Gasteiger partial charge in [-0.25, -0.2) is 4.39 Å². The summed E-state index contributed by atoms with van der Waals surface area (Å²) < 4.78 is 13.6. The number of nitrogens with zero attached hydrogens (tertiary/aromatic N) is 1. The Balaban J connectivity index is 1.98. The van der Waals surface area contributed by atoms with Crippen molar-refractivity contribution in [2.45, 2.75) is 38.8 Å². The summed E-state index contributed by atoms with van der Waals surface area (Å²) in [4.78, 5) is 13.2. The molecular weight excluding hydrogens is 243 g/mol. The summed E-state index contributed by atoms with van der Waals surface area (Å²) in [5.74, 6) is 0.0363. The van der Waals surface area contributed by atoms with Gasteiger partial charge >= 0.3 is 0 Å². The fourth-order valence-electron chi connectivity index (χ4n) is 2.48. The molecule has 2 atom stereocenters. The first-order chi connectivity index (χ1) is 8.97. The Labute approximate surface area is 113 Å². The second kappa shape index (κ2) is 5.70. The number of carbonyl (C=O) groups is 1. The number of amides is 1. The van der Waals surface area contributed by atoms with E-state index in [0.29, 0.717) is 12.0 Å². The molecule has 4 heteroatoms. The van der Waals surface area contributed by atoms with Crippen LogP contribution in [0.25, 0.3) is 0 Å². The number of likely N-dealkylation sites (N-methyl/N-ethyl adjacent to an activating group) is 1. The standard InChI is InChI=1S/C15H21FN2O/c1-10-4-5-12(8-14(10)16)11(2)17-13-6-7-15(19)18(3)9-13/h4-5,8,11,13,17H,6-7,9H2,1-3H3. The average molecular weight is 264 g/mol. The first kappa shape index (κ1) is 14.0. The van der Waals surface area contributed by atoms with Gasteiger partial charge in [0, 0.05) is 32.1 Å². The second-order valence-corrected chi connectivity index (χ2v) is 5.41. The molecule has 104 valence electrons. The first-order valence-corrected chi connectivity index (χ1v) is 6.73. The summed E-state index contributed by atoms with van der Waals surface area (Å²) >= 11 is 0. The van der Waals surface area contributed by atoms with E-state index in [1.807, 2.05) is 20.0 Å². The number of hydrogen-bond acceptors (Lipinski definition) is 2. The van der Waals surface area contributed by atoms with Crippen LogP contribution in [-0.2, 0) is 4.79 Å². The Morgan fingerprint density at radius 3 is 2.84 bits per heavy atom. The summed E-state index contributed by atoms with van der Waals surface area (Å²) in [6.45, 7) is 4.51. The average Bonchev–Trinajstić information content (AvgIpc) is 2.37. The van der Waals surface area contributed by atoms with Crippen LogP contribution >= 0.6 is 0 Å². The first-order valence-electron chi connectivity index (χ1n) is 6.73. The molecule has 19 heavy (non-hydrogen) atoms. The molecule has 1 N–H and O–H groups in total. The smallest absolute Gasteiger partial charge is 0.222 e. The van der Waals surface area contributed by atoms with Crippen LogP contribution in [0.1, 0.15) is 36.9 Å². The van der Waals surface area contributed by atoms with Crippen LogP contribution in [0.3, 0.4) is 0 Å². The lowest BCUT2D eigenvalue weighted by atomic mass is 10.0. The summed E-state index contributed by atoms with van der Waals surface area (Å²) in [5, 5.41) is 3.47. The Bertz CT molecular complexity index is 475. The molecule has 0 aliphatic carbocycles. The van der Waals surface area contributed by atoms with Crippen LogP contribution in [0.4, 0.5) is 4.39 Å². The van der Waals surface area contributed by atoms with Crippen molar-refractivity contribution < 1.29 is 9.18 Å². The number of nitrogens with one attached hydrogen (secondary N) is 1. The van der Waals surface area contributed by atoms with Gasteiger partial charge < -0.3 is 10.2 Å². The zero-order valence-corrected chi connectivity index (χ0v) is 11.7. The molecule has 3 nitrogen and oxygen atoms in total. The number of rotatable bonds is 3. The predicted octanol–water partition coefficient (Wildman–Crippen LogP) is 2.41. The summed E-state index contributed by atoms with van der Waals surface area (Å²) in [5.41, 5.74) is 1.61. The van der Waals surface area contributed by atoms with E-state index in [2.05, 4.69) is 5.32 Å². The zero-order chi connectivity index (χ0) is 14.0. The van der Waals surface area contributed by atoms with Gasteiger partial charge in [0.15, 0.2) is 0 Å². The molecule has 1 heterocycles. The summed E-state index contributed by atoms with van der Waals surface area (Å²) in [6, 6.07) is 5.71. The molecule has 1 aromatic rings. The maximum Gasteiger partial charge on any atom is 0.222 e. The molecule has 0 bridgehead atoms. The SMILES string of the molecule is Cc1ccc(C(C)NC2CCC(=O)N(C)C2)cc1F. The van der Waals surface area contributed by atoms with Gasteiger partial charge in [-0.05, 0) is 37.5 Å². The van der Waals surface area contributed by atoms with Gasteiger partial charge in [0.1, 0.15) is 5.82 Å². The third-order valence-electron chi connectivity index (χ3n) is 3.81. The molecule has 1 saturated heterocycles. The molecule has 2 unspecified atom stereocenters. The van der Waals surface area contributed by atoms with E-state index in [0.717, 1.165) is 18.5 Å². The number of hydrogen-bond donors (Lipinski definition) is 1. The van der Waals surface area contributed by atoms with Crippen LogP contribution in [0, 0.1) is 12.7 Å². The van der Waals surface area contributed by atoms with Crippen LogP contribution in [0.15, 0.2) is 18.2 Å². The van der Waals surface area contributed by atoms with Gasteiger partial charge in [0.05, 0.1) is 0 Å². The van der Waals surface area contributed by atoms with Crippen LogP contribution in [0.5, 0.6) is 0 Å². The van der Waals surface area contributed by atoms with E-state index in [9.17, 15) is 9.18 Å². The summed E-state index contributed by atoms with van der Waals surface area (Å²) in [6.07, 6.45) is 1.44. The van der Waals surface area contributed by atoms with Gasteiger partial charge in [-0.3, -0.25) is 4.79 Å². The van der Waals surface area contributed by atoms with Crippen LogP contribution in [-0.4, -0.2) is 30.4 Å². The number of piperidine rings is 1. The maximum absolute atomic E-state index is 13.6. The van der Waals surface area contributed by atoms with E-state index in [4.69, 9.17) is 0 Å². The fourth-order valence-corrected chi connectivity index (χ4v) is 2.48. The topological polar surface area (TPSA) is 32.3 Å². The van der Waals surface area contributed by atoms with E-state index in [1.54, 1.807) is 24.0 Å². The molecule has 0 spiro atoms. The van der Waals surface area contributed by atoms with Crippen molar-refractivity contribution in [3.05, 3.63) is 35.1 Å². The molecule has 1 fully saturated rings. The van der Waals surface area contributed by atoms with Gasteiger partial charge in [0.25, 0.3) is 0 Å². The van der Waals surface area contributed by atoms with Crippen molar-refractivity contribution in [2.24, 2.45) is 0 Å². The molecule has 1 aromatic carbocycles. The molecule has 1 amide bonds. The Hall–Kier alpha value is -1.42. The summed E-state index contributed by atoms with van der Waals surface area (Å²) in [7, 11) is 1.83. The quantitative estimate of drug-likeness (QED) is 0.909. The lowest BCUT2D eigenvalue weighted by Crippen LogP contribution is -2.47. The maximum atomic E-state index is 13.6. The van der Waals surface area contributed by atoms with E-state index < -0.39 is 0 Å². The normalized spacial score (nSPS) is 21.6. The van der Waals surface area contributed by atoms with E-state index in [-0.39, 0.29) is 23.8 Å². The van der Waals surface area contributed by atoms with Crippen LogP contribution < -0.4 is 5.32 Å². The highest BCUT2D eigenvalue weighted by atomic mass is 19.1. The molecular formula is C15H21FN2O. The van der Waals surface area contributed by atoms with Crippen molar-refractivity contribution in [3.63, 3.8) is 0 Å². The molecule has 0 radical (unpaired) electrons. The highest BCUT2D eigenvalue weighted by Gasteiger charge is 2.24. The molecule has 1 aliphatic rings. The van der Waals surface area contributed by atoms with Gasteiger partial charge in [0.2, 0.25) is 5.91 Å². The third kappa shape index (κ3) is 3.32. The van der Waals surface area contributed by atoms with Crippen molar-refractivity contribution in [1.82, 2.24) is 10.2 Å². The predicted molar refractivity (Wildman–Crippen MR) is 73.3 cm³/mol. The Kier molecular flexibility index (Phi) is 4.20. The minimum atomic E-state index is -0.165. The van der Waals surface area contributed by atoms with Gasteiger partial charge in [-0.2, -0.15) is 0 Å². The fraction of sp³-hybridized carbons (Fsp3) is 0.533. The molecule has 2 rings (SSSR count). The van der Waals surface area contributed by atoms with Crippen molar-refractivity contribution >= 4 is 5.91 Å². The lowest BCUT2D eigenvalue weighted by molar-refractivity contribution is -0.132. The van der Waals surface area contributed by atoms with Crippen molar-refractivity contribution in [1.29, 1.82) is 0 Å². The minimum Gasteiger partial charge on any atom is -0.344 e. The van der Waals surface area contributed by atoms with Gasteiger partial charge in [-0.15, -0.1) is 0 Å². The number of carbonyl (C=O) groups excluding carboxylic acids is 1. The van der Waals surface area contributed by atoms with Crippen LogP contribution in [0.2, 0.25) is 0 Å². The highest BCUT2D eigenvalue weighted by Crippen LogP contribution is 2.19. The Morgan fingerprint density at radius 2 is 2.21 bits per heavy atom. The molecule has 0 aromatic heterocycles. The monoisotopic (exact) mass is 264 g/mol. The van der Waals surface area contributed by atoms with Gasteiger partial charge in [-0.1, -0.05) is 12.1 Å². The lowest BCUT2D eigenvalue weighted by Gasteiger charge is -2.32. The van der Waals surface area contributed by atoms with E-state index >= 15 is 0 Å². The highest BCUT2D eigenvalue weighted by molar-refractivity contribution is 5.76. The number of halogens is 1. The second-order valence-electron chi connectivity index (χ2n) is 5.41. The van der Waals surface area contributed by atoms with E-state index in [1.165, 1.54) is 0 Å². The van der Waals surface area contributed by atoms with Crippen molar-refractivity contribution in [3.8, 4) is 0 Å². The molecule has 0 saturated carbocycles. The third-order valence-corrected chi connectivity index (χ3v) is 3.81. The number of aryl methyl sites for hydroxylation is 1. The minimum absolute atomic E-state index is 0.0849. The largest absolute Gasteiger partial charge is 0.344 e. The van der Waals surface area contributed by atoms with Crippen molar-refractivity contribution in [2.75, 3.05) is 13.6 Å². The molecule has 1 aliphatic heterocycles. The number of benzene rings is 1.